The van der Waals surface area contributed by atoms with Crippen molar-refractivity contribution in [2.45, 2.75) is 17.5 Å². The fourth-order valence-electron chi connectivity index (χ4n) is 2.66. The first-order chi connectivity index (χ1) is 11.3. The third-order valence-corrected chi connectivity index (χ3v) is 5.40. The Hall–Kier alpha value is -1.79. The van der Waals surface area contributed by atoms with Crippen LogP contribution in [-0.4, -0.2) is 21.3 Å². The van der Waals surface area contributed by atoms with E-state index in [4.69, 9.17) is 0 Å². The van der Waals surface area contributed by atoms with Gasteiger partial charge in [0.1, 0.15) is 0 Å². The maximum atomic E-state index is 4.39. The van der Waals surface area contributed by atoms with Crippen molar-refractivity contribution < 1.29 is 0 Å². The highest BCUT2D eigenvalue weighted by Gasteiger charge is 2.25. The number of hydrogen-bond donors (Lipinski definition) is 0. The second-order valence-electron chi connectivity index (χ2n) is 5.34. The summed E-state index contributed by atoms with van der Waals surface area (Å²) in [7, 11) is 0. The molecule has 0 saturated heterocycles. The Morgan fingerprint density at radius 3 is 2.52 bits per heavy atom. The highest BCUT2D eigenvalue weighted by atomic mass is 79.9. The van der Waals surface area contributed by atoms with Crippen LogP contribution in [0.4, 0.5) is 11.6 Å². The summed E-state index contributed by atoms with van der Waals surface area (Å²) < 4.78 is 3.31. The van der Waals surface area contributed by atoms with Gasteiger partial charge >= 0.3 is 0 Å². The summed E-state index contributed by atoms with van der Waals surface area (Å²) in [5.41, 5.74) is 2.46. The monoisotopic (exact) mass is 386 g/mol. The molecule has 0 N–H and O–H groups in total. The quantitative estimate of drug-likeness (QED) is 0.618. The maximum absolute atomic E-state index is 4.39. The number of fused-ring (bicyclic) bond motifs is 1. The van der Waals surface area contributed by atoms with Crippen molar-refractivity contribution in [3.63, 3.8) is 0 Å². The summed E-state index contributed by atoms with van der Waals surface area (Å²) in [6.45, 7) is 1.88. The molecule has 0 aliphatic carbocycles. The van der Waals surface area contributed by atoms with Gasteiger partial charge in [0.05, 0.1) is 0 Å². The Bertz CT molecular complexity index is 801. The highest BCUT2D eigenvalue weighted by molar-refractivity contribution is 9.10. The van der Waals surface area contributed by atoms with Gasteiger partial charge in [-0.25, -0.2) is 0 Å². The number of nitrogens with zero attached hydrogens (tertiary/aromatic N) is 4. The van der Waals surface area contributed by atoms with Gasteiger partial charge in [0.15, 0.2) is 5.16 Å². The lowest BCUT2D eigenvalue weighted by Crippen LogP contribution is -2.13. The van der Waals surface area contributed by atoms with E-state index in [0.717, 1.165) is 34.4 Å². The van der Waals surface area contributed by atoms with Crippen LogP contribution in [0.25, 0.3) is 0 Å². The third kappa shape index (κ3) is 3.01. The number of thioether (sulfide) groups is 1. The molecule has 0 bridgehead atoms. The van der Waals surface area contributed by atoms with Gasteiger partial charge in [-0.1, -0.05) is 58.0 Å². The molecule has 0 spiro atoms. The molecule has 4 rings (SSSR count). The number of para-hydroxylation sites is 1. The lowest BCUT2D eigenvalue weighted by atomic mass is 10.2. The highest BCUT2D eigenvalue weighted by Crippen LogP contribution is 2.32. The van der Waals surface area contributed by atoms with Crippen LogP contribution in [0.2, 0.25) is 0 Å². The zero-order valence-corrected chi connectivity index (χ0v) is 14.8. The second kappa shape index (κ2) is 6.37. The van der Waals surface area contributed by atoms with E-state index in [2.05, 4.69) is 84.1 Å². The molecule has 0 fully saturated rings. The van der Waals surface area contributed by atoms with Crippen LogP contribution in [-0.2, 0) is 12.3 Å². The summed E-state index contributed by atoms with van der Waals surface area (Å²) in [5, 5.41) is 9.75. The van der Waals surface area contributed by atoms with Crippen LogP contribution in [0.15, 0.2) is 64.2 Å². The standard InChI is InChI=1S/C17H15BrN4S/c18-14-8-6-13(7-9-14)12-23-17-20-19-16-21(10-11-22(16)17)15-4-2-1-3-5-15/h1-9H,10-12H2. The summed E-state index contributed by atoms with van der Waals surface area (Å²) in [4.78, 5) is 2.22. The molecular formula is C17H15BrN4S. The average molecular weight is 387 g/mol. The topological polar surface area (TPSA) is 34.0 Å². The van der Waals surface area contributed by atoms with E-state index < -0.39 is 0 Å². The molecule has 2 aromatic carbocycles. The van der Waals surface area contributed by atoms with Gasteiger partial charge in [-0.2, -0.15) is 0 Å². The summed E-state index contributed by atoms with van der Waals surface area (Å²) in [5.74, 6) is 1.84. The predicted octanol–water partition coefficient (Wildman–Crippen LogP) is 4.48. The smallest absolute Gasteiger partial charge is 0.232 e. The molecule has 0 unspecified atom stereocenters. The van der Waals surface area contributed by atoms with E-state index in [-0.39, 0.29) is 0 Å². The fraction of sp³-hybridized carbons (Fsp3) is 0.176. The molecule has 1 aliphatic rings. The molecule has 23 heavy (non-hydrogen) atoms. The lowest BCUT2D eigenvalue weighted by molar-refractivity contribution is 0.704. The minimum absolute atomic E-state index is 0.900. The number of hydrogen-bond acceptors (Lipinski definition) is 4. The number of rotatable bonds is 4. The van der Waals surface area contributed by atoms with Crippen molar-refractivity contribution in [3.05, 3.63) is 64.6 Å². The van der Waals surface area contributed by atoms with E-state index in [9.17, 15) is 0 Å². The Morgan fingerprint density at radius 1 is 0.957 bits per heavy atom. The van der Waals surface area contributed by atoms with Crippen molar-refractivity contribution >= 4 is 39.3 Å². The molecule has 3 aromatic rings. The Kier molecular flexibility index (Phi) is 4.10. The molecule has 0 saturated carbocycles. The molecule has 116 valence electrons. The zero-order chi connectivity index (χ0) is 15.6. The summed E-state index contributed by atoms with van der Waals surface area (Å²) in [6.07, 6.45) is 0. The first kappa shape index (κ1) is 14.8. The molecule has 1 aliphatic heterocycles. The van der Waals surface area contributed by atoms with Crippen molar-refractivity contribution in [1.29, 1.82) is 0 Å². The van der Waals surface area contributed by atoms with Crippen molar-refractivity contribution in [2.75, 3.05) is 11.4 Å². The minimum atomic E-state index is 0.900. The first-order valence-corrected chi connectivity index (χ1v) is 9.22. The van der Waals surface area contributed by atoms with E-state index in [1.165, 1.54) is 11.3 Å². The van der Waals surface area contributed by atoms with Crippen LogP contribution in [0.1, 0.15) is 5.56 Å². The fourth-order valence-corrected chi connectivity index (χ4v) is 3.84. The molecule has 1 aromatic heterocycles. The molecule has 6 heteroatoms. The van der Waals surface area contributed by atoms with Gasteiger partial charge in [0, 0.05) is 29.0 Å². The molecule has 0 atom stereocenters. The van der Waals surface area contributed by atoms with Crippen LogP contribution >= 0.6 is 27.7 Å². The SMILES string of the molecule is Brc1ccc(CSc2nnc3n2CCN3c2ccccc2)cc1. The summed E-state index contributed by atoms with van der Waals surface area (Å²) >= 11 is 5.20. The Balaban J connectivity index is 1.51. The van der Waals surface area contributed by atoms with E-state index in [0.29, 0.717) is 0 Å². The van der Waals surface area contributed by atoms with E-state index >= 15 is 0 Å². The van der Waals surface area contributed by atoms with Crippen molar-refractivity contribution in [3.8, 4) is 0 Å². The van der Waals surface area contributed by atoms with Gasteiger partial charge in [-0.3, -0.25) is 4.57 Å². The van der Waals surface area contributed by atoms with Crippen molar-refractivity contribution in [1.82, 2.24) is 14.8 Å². The molecule has 0 amide bonds. The van der Waals surface area contributed by atoms with Crippen LogP contribution in [0.3, 0.4) is 0 Å². The number of benzene rings is 2. The van der Waals surface area contributed by atoms with Crippen LogP contribution in [0, 0.1) is 0 Å². The molecular weight excluding hydrogens is 372 g/mol. The lowest BCUT2D eigenvalue weighted by Gasteiger charge is -2.14. The van der Waals surface area contributed by atoms with Crippen LogP contribution in [0.5, 0.6) is 0 Å². The number of anilines is 2. The van der Waals surface area contributed by atoms with E-state index in [1.807, 2.05) is 6.07 Å². The maximum Gasteiger partial charge on any atom is 0.232 e. The molecule has 4 nitrogen and oxygen atoms in total. The predicted molar refractivity (Wildman–Crippen MR) is 97.2 cm³/mol. The summed E-state index contributed by atoms with van der Waals surface area (Å²) in [6, 6.07) is 18.8. The second-order valence-corrected chi connectivity index (χ2v) is 7.19. The number of aromatic nitrogens is 3. The third-order valence-electron chi connectivity index (χ3n) is 3.84. The largest absolute Gasteiger partial charge is 0.309 e. The van der Waals surface area contributed by atoms with Gasteiger partial charge in [0.2, 0.25) is 5.95 Å². The van der Waals surface area contributed by atoms with Gasteiger partial charge in [0.25, 0.3) is 0 Å². The normalized spacial score (nSPS) is 13.3. The van der Waals surface area contributed by atoms with Crippen molar-refractivity contribution in [2.24, 2.45) is 0 Å². The Labute approximate surface area is 147 Å². The zero-order valence-electron chi connectivity index (χ0n) is 12.4. The minimum Gasteiger partial charge on any atom is -0.309 e. The number of halogens is 1. The van der Waals surface area contributed by atoms with Gasteiger partial charge in [-0.05, 0) is 29.8 Å². The Morgan fingerprint density at radius 2 is 1.74 bits per heavy atom. The van der Waals surface area contributed by atoms with Gasteiger partial charge < -0.3 is 4.90 Å². The molecule has 2 heterocycles. The average Bonchev–Trinajstić information content (AvgIpc) is 3.17. The first-order valence-electron chi connectivity index (χ1n) is 7.44. The molecule has 0 radical (unpaired) electrons. The van der Waals surface area contributed by atoms with E-state index in [1.54, 1.807) is 11.8 Å². The van der Waals surface area contributed by atoms with Gasteiger partial charge in [-0.15, -0.1) is 10.2 Å². The van der Waals surface area contributed by atoms with Crippen LogP contribution < -0.4 is 4.90 Å².